The maximum atomic E-state index is 11.7. The highest BCUT2D eigenvalue weighted by Crippen LogP contribution is 2.32. The van der Waals surface area contributed by atoms with E-state index in [0.717, 1.165) is 10.9 Å². The Bertz CT molecular complexity index is 688. The lowest BCUT2D eigenvalue weighted by Crippen LogP contribution is -2.08. The quantitative estimate of drug-likeness (QED) is 0.870. The van der Waals surface area contributed by atoms with Gasteiger partial charge in [0, 0.05) is 31.1 Å². The first-order valence-electron chi connectivity index (χ1n) is 6.01. The van der Waals surface area contributed by atoms with E-state index in [9.17, 15) is 9.59 Å². The van der Waals surface area contributed by atoms with Gasteiger partial charge in [0.05, 0.1) is 19.7 Å². The second-order valence-corrected chi connectivity index (χ2v) is 4.37. The lowest BCUT2D eigenvalue weighted by Gasteiger charge is -2.08. The van der Waals surface area contributed by atoms with Gasteiger partial charge in [-0.2, -0.15) is 0 Å². The number of ether oxygens (including phenoxy) is 2. The lowest BCUT2D eigenvalue weighted by atomic mass is 10.2. The maximum Gasteiger partial charge on any atom is 0.354 e. The van der Waals surface area contributed by atoms with E-state index in [-0.39, 0.29) is 5.91 Å². The number of anilines is 1. The largest absolute Gasteiger partial charge is 0.496 e. The van der Waals surface area contributed by atoms with Crippen LogP contribution in [0.2, 0.25) is 0 Å². The highest BCUT2D eigenvalue weighted by atomic mass is 16.5. The van der Waals surface area contributed by atoms with Crippen molar-refractivity contribution in [3.05, 3.63) is 23.9 Å². The topological polar surface area (TPSA) is 69.6 Å². The summed E-state index contributed by atoms with van der Waals surface area (Å²) in [6.45, 7) is 1.43. The molecule has 6 heteroatoms. The summed E-state index contributed by atoms with van der Waals surface area (Å²) in [6.07, 6.45) is 0. The van der Waals surface area contributed by atoms with Gasteiger partial charge in [0.1, 0.15) is 11.4 Å². The minimum atomic E-state index is -0.424. The number of nitrogens with zero attached hydrogens (tertiary/aromatic N) is 1. The molecule has 1 heterocycles. The molecule has 0 aliphatic carbocycles. The molecule has 0 unspecified atom stereocenters. The number of methoxy groups -OCH3 is 2. The number of carbonyl (C=O) groups is 2. The van der Waals surface area contributed by atoms with Crippen molar-refractivity contribution in [2.75, 3.05) is 19.5 Å². The number of fused-ring (bicyclic) bond motifs is 1. The molecule has 0 radical (unpaired) electrons. The fraction of sp³-hybridized carbons (Fsp3) is 0.286. The fourth-order valence-electron chi connectivity index (χ4n) is 2.14. The molecule has 1 aromatic heterocycles. The van der Waals surface area contributed by atoms with Crippen molar-refractivity contribution in [3.63, 3.8) is 0 Å². The van der Waals surface area contributed by atoms with Crippen molar-refractivity contribution in [2.24, 2.45) is 7.05 Å². The van der Waals surface area contributed by atoms with Gasteiger partial charge in [-0.25, -0.2) is 4.79 Å². The number of hydrogen-bond acceptors (Lipinski definition) is 4. The molecule has 20 heavy (non-hydrogen) atoms. The molecule has 0 aliphatic heterocycles. The van der Waals surface area contributed by atoms with E-state index >= 15 is 0 Å². The number of esters is 1. The zero-order valence-corrected chi connectivity index (χ0v) is 11.8. The summed E-state index contributed by atoms with van der Waals surface area (Å²) in [5.74, 6) is -0.0161. The number of amides is 1. The summed E-state index contributed by atoms with van der Waals surface area (Å²) in [7, 11) is 4.63. The molecular weight excluding hydrogens is 260 g/mol. The zero-order chi connectivity index (χ0) is 14.9. The second kappa shape index (κ2) is 5.24. The Hall–Kier alpha value is -2.50. The Labute approximate surface area is 116 Å². The summed E-state index contributed by atoms with van der Waals surface area (Å²) < 4.78 is 11.8. The summed E-state index contributed by atoms with van der Waals surface area (Å²) in [4.78, 5) is 22.9. The van der Waals surface area contributed by atoms with Crippen LogP contribution in [0.25, 0.3) is 10.9 Å². The van der Waals surface area contributed by atoms with Crippen LogP contribution >= 0.6 is 0 Å². The van der Waals surface area contributed by atoms with Crippen LogP contribution in [0.5, 0.6) is 5.75 Å². The van der Waals surface area contributed by atoms with Gasteiger partial charge >= 0.3 is 5.97 Å². The fourth-order valence-corrected chi connectivity index (χ4v) is 2.14. The number of aryl methyl sites for hydroxylation is 1. The molecule has 1 amide bonds. The van der Waals surface area contributed by atoms with Gasteiger partial charge in [0.25, 0.3) is 0 Å². The first-order valence-corrected chi connectivity index (χ1v) is 6.01. The van der Waals surface area contributed by atoms with Crippen LogP contribution in [0.1, 0.15) is 17.4 Å². The molecule has 0 bridgehead atoms. The van der Waals surface area contributed by atoms with Crippen LogP contribution in [0.15, 0.2) is 18.2 Å². The molecule has 0 aliphatic rings. The molecule has 0 atom stereocenters. The van der Waals surface area contributed by atoms with Crippen molar-refractivity contribution in [1.82, 2.24) is 4.57 Å². The number of nitrogens with one attached hydrogen (secondary N) is 1. The molecule has 2 aromatic rings. The Balaban J connectivity index is 2.67. The highest BCUT2D eigenvalue weighted by Gasteiger charge is 2.17. The molecule has 106 valence electrons. The van der Waals surface area contributed by atoms with Gasteiger partial charge in [0.2, 0.25) is 5.91 Å². The summed E-state index contributed by atoms with van der Waals surface area (Å²) in [5.41, 5.74) is 1.80. The van der Waals surface area contributed by atoms with Crippen molar-refractivity contribution >= 4 is 28.5 Å². The molecule has 0 fully saturated rings. The zero-order valence-electron chi connectivity index (χ0n) is 11.8. The third kappa shape index (κ3) is 2.32. The van der Waals surface area contributed by atoms with Crippen molar-refractivity contribution in [3.8, 4) is 5.75 Å². The predicted molar refractivity (Wildman–Crippen MR) is 75.1 cm³/mol. The van der Waals surface area contributed by atoms with Crippen LogP contribution in [0, 0.1) is 0 Å². The first-order chi connectivity index (χ1) is 9.47. The van der Waals surface area contributed by atoms with Crippen LogP contribution in [0.3, 0.4) is 0 Å². The number of carbonyl (C=O) groups excluding carboxylic acids is 2. The van der Waals surface area contributed by atoms with Gasteiger partial charge in [-0.05, 0) is 12.1 Å². The van der Waals surface area contributed by atoms with Crippen LogP contribution in [-0.4, -0.2) is 30.7 Å². The van der Waals surface area contributed by atoms with E-state index in [1.165, 1.54) is 21.1 Å². The molecular formula is C14H16N2O4. The van der Waals surface area contributed by atoms with Gasteiger partial charge in [-0.1, -0.05) is 0 Å². The SMILES string of the molecule is COC(=O)c1cc2c(OC)cc(NC(C)=O)cc2n1C. The van der Waals surface area contributed by atoms with Crippen LogP contribution in [-0.2, 0) is 16.6 Å². The summed E-state index contributed by atoms with van der Waals surface area (Å²) in [6, 6.07) is 5.20. The molecule has 6 nitrogen and oxygen atoms in total. The average molecular weight is 276 g/mol. The monoisotopic (exact) mass is 276 g/mol. The molecule has 2 rings (SSSR count). The Kier molecular flexibility index (Phi) is 3.65. The third-order valence-electron chi connectivity index (χ3n) is 3.06. The molecule has 1 aromatic carbocycles. The predicted octanol–water partition coefficient (Wildman–Crippen LogP) is 1.93. The van der Waals surface area contributed by atoms with Crippen LogP contribution in [0.4, 0.5) is 5.69 Å². The number of benzene rings is 1. The van der Waals surface area contributed by atoms with Crippen molar-refractivity contribution < 1.29 is 19.1 Å². The number of aromatic nitrogens is 1. The lowest BCUT2D eigenvalue weighted by molar-refractivity contribution is -0.114. The molecule has 0 spiro atoms. The van der Waals surface area contributed by atoms with E-state index in [1.54, 1.807) is 29.8 Å². The maximum absolute atomic E-state index is 11.7. The number of rotatable bonds is 3. The van der Waals surface area contributed by atoms with Crippen molar-refractivity contribution in [2.45, 2.75) is 6.92 Å². The Morgan fingerprint density at radius 3 is 2.45 bits per heavy atom. The second-order valence-electron chi connectivity index (χ2n) is 4.37. The molecule has 1 N–H and O–H groups in total. The average Bonchev–Trinajstić information content (AvgIpc) is 2.74. The highest BCUT2D eigenvalue weighted by molar-refractivity contribution is 6.00. The van der Waals surface area contributed by atoms with E-state index in [0.29, 0.717) is 17.1 Å². The summed E-state index contributed by atoms with van der Waals surface area (Å²) >= 11 is 0. The van der Waals surface area contributed by atoms with E-state index in [1.807, 2.05) is 0 Å². The van der Waals surface area contributed by atoms with Crippen LogP contribution < -0.4 is 10.1 Å². The number of hydrogen-bond donors (Lipinski definition) is 1. The van der Waals surface area contributed by atoms with Crippen molar-refractivity contribution in [1.29, 1.82) is 0 Å². The van der Waals surface area contributed by atoms with E-state index < -0.39 is 5.97 Å². The normalized spacial score (nSPS) is 10.4. The standard InChI is InChI=1S/C14H16N2O4/c1-8(17)15-9-5-11-10(13(6-9)19-3)7-12(16(11)2)14(18)20-4/h5-7H,1-4H3,(H,15,17). The third-order valence-corrected chi connectivity index (χ3v) is 3.06. The van der Waals surface area contributed by atoms with Gasteiger partial charge < -0.3 is 19.4 Å². The van der Waals surface area contributed by atoms with Gasteiger partial charge in [-0.15, -0.1) is 0 Å². The molecule has 0 saturated heterocycles. The van der Waals surface area contributed by atoms with Gasteiger partial charge in [-0.3, -0.25) is 4.79 Å². The molecule has 0 saturated carbocycles. The first kappa shape index (κ1) is 13.9. The van der Waals surface area contributed by atoms with E-state index in [4.69, 9.17) is 9.47 Å². The van der Waals surface area contributed by atoms with Gasteiger partial charge in [0.15, 0.2) is 0 Å². The minimum Gasteiger partial charge on any atom is -0.496 e. The Morgan fingerprint density at radius 1 is 1.20 bits per heavy atom. The van der Waals surface area contributed by atoms with E-state index in [2.05, 4.69) is 5.32 Å². The summed E-state index contributed by atoms with van der Waals surface area (Å²) in [5, 5.41) is 3.48. The smallest absolute Gasteiger partial charge is 0.354 e. The Morgan fingerprint density at radius 2 is 1.90 bits per heavy atom. The minimum absolute atomic E-state index is 0.172.